The van der Waals surface area contributed by atoms with Crippen LogP contribution in [0.3, 0.4) is 0 Å². The number of hydrogen-bond donors (Lipinski definition) is 0. The van der Waals surface area contributed by atoms with Crippen LogP contribution in [0.25, 0.3) is 0 Å². The van der Waals surface area contributed by atoms with E-state index >= 15 is 0 Å². The molecule has 0 aliphatic heterocycles. The number of methoxy groups -OCH3 is 1. The molecule has 0 amide bonds. The van der Waals surface area contributed by atoms with E-state index in [2.05, 4.69) is 13.8 Å². The fraction of sp³-hybridized carbons (Fsp3) is 0.500. The molecule has 0 aliphatic rings. The highest BCUT2D eigenvalue weighted by Gasteiger charge is 2.13. The van der Waals surface area contributed by atoms with Gasteiger partial charge < -0.3 is 4.74 Å². The minimum Gasteiger partial charge on any atom is -0.496 e. The fourth-order valence-corrected chi connectivity index (χ4v) is 1.75. The standard InChI is InChI=1S/C12H17FO/c1-4-9(5-2)11-8-10(13)6-7-12(11)14-3/h6-9H,4-5H2,1-3H3. The first kappa shape index (κ1) is 11.0. The molecule has 1 nitrogen and oxygen atoms in total. The maximum absolute atomic E-state index is 13.1. The second-order valence-corrected chi connectivity index (χ2v) is 3.40. The van der Waals surface area contributed by atoms with Crippen LogP contribution in [-0.4, -0.2) is 7.11 Å². The SMILES string of the molecule is CCC(CC)c1cc(F)ccc1OC. The highest BCUT2D eigenvalue weighted by Crippen LogP contribution is 2.31. The molecule has 0 atom stereocenters. The van der Waals surface area contributed by atoms with Gasteiger partial charge in [-0.15, -0.1) is 0 Å². The van der Waals surface area contributed by atoms with E-state index in [9.17, 15) is 4.39 Å². The van der Waals surface area contributed by atoms with Crippen molar-refractivity contribution in [1.82, 2.24) is 0 Å². The molecule has 0 fully saturated rings. The highest BCUT2D eigenvalue weighted by atomic mass is 19.1. The summed E-state index contributed by atoms with van der Waals surface area (Å²) in [4.78, 5) is 0. The third-order valence-electron chi connectivity index (χ3n) is 2.62. The van der Waals surface area contributed by atoms with Crippen molar-refractivity contribution < 1.29 is 9.13 Å². The highest BCUT2D eigenvalue weighted by molar-refractivity contribution is 5.36. The summed E-state index contributed by atoms with van der Waals surface area (Å²) in [5.74, 6) is 0.994. The molecule has 0 saturated carbocycles. The maximum atomic E-state index is 13.1. The van der Waals surface area contributed by atoms with E-state index in [4.69, 9.17) is 4.74 Å². The van der Waals surface area contributed by atoms with Crippen molar-refractivity contribution in [2.45, 2.75) is 32.6 Å². The van der Waals surface area contributed by atoms with Gasteiger partial charge in [0.2, 0.25) is 0 Å². The van der Waals surface area contributed by atoms with Crippen molar-refractivity contribution in [3.63, 3.8) is 0 Å². The van der Waals surface area contributed by atoms with E-state index < -0.39 is 0 Å². The van der Waals surface area contributed by atoms with Crippen molar-refractivity contribution >= 4 is 0 Å². The van der Waals surface area contributed by atoms with E-state index in [1.54, 1.807) is 19.2 Å². The first-order valence-corrected chi connectivity index (χ1v) is 5.06. The van der Waals surface area contributed by atoms with Gasteiger partial charge in [0.25, 0.3) is 0 Å². The normalized spacial score (nSPS) is 10.6. The number of ether oxygens (including phenoxy) is 1. The monoisotopic (exact) mass is 196 g/mol. The number of hydrogen-bond acceptors (Lipinski definition) is 1. The number of rotatable bonds is 4. The van der Waals surface area contributed by atoms with Gasteiger partial charge in [0.15, 0.2) is 0 Å². The average Bonchev–Trinajstić information content (AvgIpc) is 2.20. The first-order valence-electron chi connectivity index (χ1n) is 5.06. The Morgan fingerprint density at radius 1 is 1.29 bits per heavy atom. The lowest BCUT2D eigenvalue weighted by Gasteiger charge is -2.16. The molecule has 0 radical (unpaired) electrons. The van der Waals surface area contributed by atoms with Crippen LogP contribution < -0.4 is 4.74 Å². The van der Waals surface area contributed by atoms with Gasteiger partial charge in [-0.1, -0.05) is 13.8 Å². The summed E-state index contributed by atoms with van der Waals surface area (Å²) in [7, 11) is 1.62. The van der Waals surface area contributed by atoms with Crippen molar-refractivity contribution in [3.8, 4) is 5.75 Å². The van der Waals surface area contributed by atoms with Crippen LogP contribution in [0.15, 0.2) is 18.2 Å². The molecule has 14 heavy (non-hydrogen) atoms. The second kappa shape index (κ2) is 4.99. The van der Waals surface area contributed by atoms with Crippen LogP contribution in [0.1, 0.15) is 38.2 Å². The lowest BCUT2D eigenvalue weighted by Crippen LogP contribution is -2.00. The molecule has 0 aromatic heterocycles. The maximum Gasteiger partial charge on any atom is 0.123 e. The zero-order valence-corrected chi connectivity index (χ0v) is 9.01. The van der Waals surface area contributed by atoms with E-state index in [1.165, 1.54) is 6.07 Å². The topological polar surface area (TPSA) is 9.23 Å². The minimum absolute atomic E-state index is 0.187. The van der Waals surface area contributed by atoms with Gasteiger partial charge in [0, 0.05) is 5.56 Å². The van der Waals surface area contributed by atoms with Crippen LogP contribution in [0, 0.1) is 5.82 Å². The zero-order valence-electron chi connectivity index (χ0n) is 9.01. The summed E-state index contributed by atoms with van der Waals surface area (Å²) in [5.41, 5.74) is 0.984. The van der Waals surface area contributed by atoms with Crippen LogP contribution in [0.5, 0.6) is 5.75 Å². The van der Waals surface area contributed by atoms with Crippen molar-refractivity contribution in [2.24, 2.45) is 0 Å². The quantitative estimate of drug-likeness (QED) is 0.712. The lowest BCUT2D eigenvalue weighted by atomic mass is 9.93. The molecule has 0 saturated heterocycles. The van der Waals surface area contributed by atoms with Gasteiger partial charge in [-0.3, -0.25) is 0 Å². The largest absolute Gasteiger partial charge is 0.496 e. The van der Waals surface area contributed by atoms with E-state index in [-0.39, 0.29) is 5.82 Å². The van der Waals surface area contributed by atoms with Gasteiger partial charge in [0.05, 0.1) is 7.11 Å². The zero-order chi connectivity index (χ0) is 10.6. The van der Waals surface area contributed by atoms with Crippen LogP contribution >= 0.6 is 0 Å². The summed E-state index contributed by atoms with van der Waals surface area (Å²) in [6.07, 6.45) is 2.02. The smallest absolute Gasteiger partial charge is 0.123 e. The van der Waals surface area contributed by atoms with Crippen molar-refractivity contribution in [2.75, 3.05) is 7.11 Å². The Balaban J connectivity index is 3.08. The van der Waals surface area contributed by atoms with E-state index in [0.29, 0.717) is 5.92 Å². The summed E-state index contributed by atoms with van der Waals surface area (Å²) < 4.78 is 18.3. The van der Waals surface area contributed by atoms with Gasteiger partial charge >= 0.3 is 0 Å². The molecule has 0 spiro atoms. The van der Waals surface area contributed by atoms with Gasteiger partial charge in [-0.25, -0.2) is 4.39 Å². The molecule has 1 aromatic carbocycles. The Morgan fingerprint density at radius 3 is 2.43 bits per heavy atom. The van der Waals surface area contributed by atoms with Crippen LogP contribution in [0.4, 0.5) is 4.39 Å². The Labute approximate surface area is 84.9 Å². The fourth-order valence-electron chi connectivity index (χ4n) is 1.75. The number of benzene rings is 1. The molecule has 0 bridgehead atoms. The molecular formula is C12H17FO. The van der Waals surface area contributed by atoms with E-state index in [1.807, 2.05) is 0 Å². The number of halogens is 1. The molecule has 0 N–H and O–H groups in total. The van der Waals surface area contributed by atoms with Gasteiger partial charge in [-0.2, -0.15) is 0 Å². The van der Waals surface area contributed by atoms with Crippen LogP contribution in [-0.2, 0) is 0 Å². The second-order valence-electron chi connectivity index (χ2n) is 3.40. The van der Waals surface area contributed by atoms with Gasteiger partial charge in [-0.05, 0) is 37.0 Å². The molecule has 0 heterocycles. The molecule has 78 valence electrons. The Kier molecular flexibility index (Phi) is 3.93. The Morgan fingerprint density at radius 2 is 1.93 bits per heavy atom. The molecule has 1 rings (SSSR count). The summed E-state index contributed by atoms with van der Waals surface area (Å²) in [6, 6.07) is 4.71. The molecule has 0 aliphatic carbocycles. The first-order chi connectivity index (χ1) is 6.72. The molecule has 0 unspecified atom stereocenters. The predicted molar refractivity (Wildman–Crippen MR) is 56.3 cm³/mol. The average molecular weight is 196 g/mol. The third-order valence-corrected chi connectivity index (χ3v) is 2.62. The third kappa shape index (κ3) is 2.25. The van der Waals surface area contributed by atoms with Crippen LogP contribution in [0.2, 0.25) is 0 Å². The van der Waals surface area contributed by atoms with E-state index in [0.717, 1.165) is 24.2 Å². The lowest BCUT2D eigenvalue weighted by molar-refractivity contribution is 0.402. The van der Waals surface area contributed by atoms with Crippen molar-refractivity contribution in [3.05, 3.63) is 29.6 Å². The Hall–Kier alpha value is -1.05. The summed E-state index contributed by atoms with van der Waals surface area (Å²) in [6.45, 7) is 4.22. The van der Waals surface area contributed by atoms with Crippen molar-refractivity contribution in [1.29, 1.82) is 0 Å². The molecule has 1 aromatic rings. The molecular weight excluding hydrogens is 179 g/mol. The summed E-state index contributed by atoms with van der Waals surface area (Å²) in [5, 5.41) is 0. The minimum atomic E-state index is -0.187. The predicted octanol–water partition coefficient (Wildman–Crippen LogP) is 3.74. The molecule has 2 heteroatoms. The Bertz CT molecular complexity index is 292. The van der Waals surface area contributed by atoms with Gasteiger partial charge in [0.1, 0.15) is 11.6 Å². The summed E-state index contributed by atoms with van der Waals surface area (Å²) >= 11 is 0.